The summed E-state index contributed by atoms with van der Waals surface area (Å²) in [6.45, 7) is 4.33. The average Bonchev–Trinajstić information content (AvgIpc) is 2.73. The van der Waals surface area contributed by atoms with Crippen LogP contribution in [0.4, 0.5) is 0 Å². The average molecular weight is 410 g/mol. The maximum Gasteiger partial charge on any atom is 0.290 e. The van der Waals surface area contributed by atoms with E-state index in [1.807, 2.05) is 38.1 Å². The van der Waals surface area contributed by atoms with Crippen LogP contribution in [0.2, 0.25) is 0 Å². The first-order chi connectivity index (χ1) is 14.0. The molecule has 0 saturated heterocycles. The molecule has 0 bridgehead atoms. The molecule has 1 heterocycles. The molecular weight excluding hydrogens is 388 g/mol. The van der Waals surface area contributed by atoms with Gasteiger partial charge in [0.2, 0.25) is 5.91 Å². The summed E-state index contributed by atoms with van der Waals surface area (Å²) in [6.07, 6.45) is 0.708. The first-order valence-electron chi connectivity index (χ1n) is 9.28. The second-order valence-corrected chi connectivity index (χ2v) is 7.58. The molecule has 0 radical (unpaired) electrons. The third-order valence-corrected chi connectivity index (χ3v) is 5.24. The lowest BCUT2D eigenvalue weighted by atomic mass is 10.1. The zero-order valence-corrected chi connectivity index (χ0v) is 17.1. The fourth-order valence-corrected chi connectivity index (χ4v) is 3.47. The monoisotopic (exact) mass is 410 g/mol. The lowest BCUT2D eigenvalue weighted by molar-refractivity contribution is -0.119. The Balaban J connectivity index is 1.69. The number of rotatable bonds is 6. The van der Waals surface area contributed by atoms with Gasteiger partial charge in [-0.3, -0.25) is 25.2 Å². The molecule has 8 heteroatoms. The number of thioether (sulfide) groups is 1. The second kappa shape index (κ2) is 9.38. The van der Waals surface area contributed by atoms with Crippen molar-refractivity contribution in [1.29, 1.82) is 0 Å². The van der Waals surface area contributed by atoms with E-state index >= 15 is 0 Å². The third kappa shape index (κ3) is 5.03. The van der Waals surface area contributed by atoms with Crippen LogP contribution in [0.3, 0.4) is 0 Å². The van der Waals surface area contributed by atoms with Crippen LogP contribution in [0.5, 0.6) is 0 Å². The summed E-state index contributed by atoms with van der Waals surface area (Å²) < 4.78 is 1.28. The van der Waals surface area contributed by atoms with Crippen molar-refractivity contribution < 1.29 is 9.59 Å². The van der Waals surface area contributed by atoms with E-state index in [-0.39, 0.29) is 22.9 Å². The number of hydrazine groups is 1. The minimum Gasteiger partial charge on any atom is -0.272 e. The molecule has 29 heavy (non-hydrogen) atoms. The lowest BCUT2D eigenvalue weighted by Crippen LogP contribution is -2.43. The van der Waals surface area contributed by atoms with Crippen molar-refractivity contribution in [2.24, 2.45) is 0 Å². The number of amides is 2. The number of hydrogen-bond acceptors (Lipinski definition) is 5. The zero-order chi connectivity index (χ0) is 20.8. The largest absolute Gasteiger partial charge is 0.290 e. The van der Waals surface area contributed by atoms with Gasteiger partial charge < -0.3 is 0 Å². The number of carbonyl (C=O) groups is 2. The molecule has 0 aliphatic carbocycles. The van der Waals surface area contributed by atoms with Gasteiger partial charge >= 0.3 is 0 Å². The summed E-state index contributed by atoms with van der Waals surface area (Å²) in [4.78, 5) is 38.2. The van der Waals surface area contributed by atoms with E-state index in [1.54, 1.807) is 24.3 Å². The van der Waals surface area contributed by atoms with Crippen molar-refractivity contribution >= 4 is 34.3 Å². The Labute approximate surface area is 172 Å². The number of nitrogens with zero attached hydrogens (tertiary/aromatic N) is 2. The Morgan fingerprint density at radius 1 is 1.03 bits per heavy atom. The van der Waals surface area contributed by atoms with E-state index in [1.165, 1.54) is 16.4 Å². The zero-order valence-electron chi connectivity index (χ0n) is 16.3. The van der Waals surface area contributed by atoms with Crippen molar-refractivity contribution in [3.8, 4) is 0 Å². The SMILES string of the molecule is CCCn1nc(C(=O)NNC(=O)CSc2ccc(C)cc2)c2ccccc2c1=O. The van der Waals surface area contributed by atoms with Gasteiger partial charge in [-0.2, -0.15) is 5.10 Å². The Morgan fingerprint density at radius 3 is 2.41 bits per heavy atom. The minimum atomic E-state index is -0.570. The lowest BCUT2D eigenvalue weighted by Gasteiger charge is -2.11. The predicted octanol–water partition coefficient (Wildman–Crippen LogP) is 2.67. The molecule has 2 amide bonds. The molecular formula is C21H22N4O3S. The van der Waals surface area contributed by atoms with Crippen molar-refractivity contribution in [3.05, 3.63) is 70.1 Å². The van der Waals surface area contributed by atoms with E-state index in [0.29, 0.717) is 23.7 Å². The first-order valence-corrected chi connectivity index (χ1v) is 10.3. The first kappa shape index (κ1) is 20.6. The van der Waals surface area contributed by atoms with E-state index < -0.39 is 5.91 Å². The van der Waals surface area contributed by atoms with Gasteiger partial charge in [0.05, 0.1) is 11.1 Å². The molecule has 0 saturated carbocycles. The normalized spacial score (nSPS) is 10.7. The van der Waals surface area contributed by atoms with Gasteiger partial charge in [0.1, 0.15) is 0 Å². The highest BCUT2D eigenvalue weighted by atomic mass is 32.2. The van der Waals surface area contributed by atoms with Crippen LogP contribution in [-0.4, -0.2) is 27.3 Å². The minimum absolute atomic E-state index is 0.0973. The van der Waals surface area contributed by atoms with Crippen molar-refractivity contribution in [1.82, 2.24) is 20.6 Å². The van der Waals surface area contributed by atoms with Crippen LogP contribution in [0.1, 0.15) is 29.4 Å². The van der Waals surface area contributed by atoms with Crippen molar-refractivity contribution in [3.63, 3.8) is 0 Å². The number of benzene rings is 2. The van der Waals surface area contributed by atoms with Crippen LogP contribution in [0.15, 0.2) is 58.2 Å². The maximum absolute atomic E-state index is 12.6. The summed E-state index contributed by atoms with van der Waals surface area (Å²) in [6, 6.07) is 14.7. The number of aryl methyl sites for hydroxylation is 2. The van der Waals surface area contributed by atoms with Crippen molar-refractivity contribution in [2.75, 3.05) is 5.75 Å². The number of carbonyl (C=O) groups excluding carboxylic acids is 2. The van der Waals surface area contributed by atoms with Gasteiger partial charge in [0.15, 0.2) is 5.69 Å². The van der Waals surface area contributed by atoms with E-state index in [4.69, 9.17) is 0 Å². The van der Waals surface area contributed by atoms with Gasteiger partial charge in [-0.15, -0.1) is 11.8 Å². The highest BCUT2D eigenvalue weighted by Gasteiger charge is 2.17. The van der Waals surface area contributed by atoms with Gasteiger partial charge in [0.25, 0.3) is 11.5 Å². The standard InChI is InChI=1S/C21H22N4O3S/c1-3-12-25-21(28)17-7-5-4-6-16(17)19(24-25)20(27)23-22-18(26)13-29-15-10-8-14(2)9-11-15/h4-11H,3,12-13H2,1-2H3,(H,22,26)(H,23,27). The predicted molar refractivity (Wildman–Crippen MR) is 114 cm³/mol. The van der Waals surface area contributed by atoms with E-state index in [0.717, 1.165) is 10.5 Å². The Bertz CT molecular complexity index is 1090. The van der Waals surface area contributed by atoms with Crippen LogP contribution in [-0.2, 0) is 11.3 Å². The molecule has 3 rings (SSSR count). The van der Waals surface area contributed by atoms with Crippen LogP contribution < -0.4 is 16.4 Å². The van der Waals surface area contributed by atoms with E-state index in [2.05, 4.69) is 16.0 Å². The van der Waals surface area contributed by atoms with Gasteiger partial charge in [-0.1, -0.05) is 42.8 Å². The Kier molecular flexibility index (Phi) is 6.66. The molecule has 0 aliphatic heterocycles. The molecule has 7 nitrogen and oxygen atoms in total. The fourth-order valence-electron chi connectivity index (χ4n) is 2.77. The Morgan fingerprint density at radius 2 is 1.72 bits per heavy atom. The van der Waals surface area contributed by atoms with Gasteiger partial charge in [-0.05, 0) is 31.5 Å². The smallest absolute Gasteiger partial charge is 0.272 e. The van der Waals surface area contributed by atoms with Crippen molar-refractivity contribution in [2.45, 2.75) is 31.7 Å². The van der Waals surface area contributed by atoms with Gasteiger partial charge in [-0.25, -0.2) is 4.68 Å². The Hall–Kier alpha value is -3.13. The fraction of sp³-hybridized carbons (Fsp3) is 0.238. The molecule has 1 aromatic heterocycles. The molecule has 0 unspecified atom stereocenters. The highest BCUT2D eigenvalue weighted by Crippen LogP contribution is 2.17. The number of aromatic nitrogens is 2. The topological polar surface area (TPSA) is 93.1 Å². The van der Waals surface area contributed by atoms with E-state index in [9.17, 15) is 14.4 Å². The molecule has 2 N–H and O–H groups in total. The second-order valence-electron chi connectivity index (χ2n) is 6.53. The molecule has 0 aliphatic rings. The van der Waals surface area contributed by atoms with Crippen LogP contribution >= 0.6 is 11.8 Å². The van der Waals surface area contributed by atoms with Gasteiger partial charge in [0, 0.05) is 16.8 Å². The molecule has 0 atom stereocenters. The molecule has 3 aromatic rings. The number of nitrogens with one attached hydrogen (secondary N) is 2. The maximum atomic E-state index is 12.6. The quantitative estimate of drug-likeness (QED) is 0.481. The summed E-state index contributed by atoms with van der Waals surface area (Å²) in [5, 5.41) is 5.07. The molecule has 150 valence electrons. The summed E-state index contributed by atoms with van der Waals surface area (Å²) in [5.74, 6) is -0.748. The molecule has 0 spiro atoms. The summed E-state index contributed by atoms with van der Waals surface area (Å²) in [5.41, 5.74) is 5.81. The highest BCUT2D eigenvalue weighted by molar-refractivity contribution is 8.00. The number of hydrogen-bond donors (Lipinski definition) is 2. The molecule has 2 aromatic carbocycles. The summed E-state index contributed by atoms with van der Waals surface area (Å²) >= 11 is 1.37. The molecule has 0 fully saturated rings. The number of fused-ring (bicyclic) bond motifs is 1. The van der Waals surface area contributed by atoms with Crippen LogP contribution in [0.25, 0.3) is 10.8 Å². The summed E-state index contributed by atoms with van der Waals surface area (Å²) in [7, 11) is 0. The third-order valence-electron chi connectivity index (χ3n) is 4.22. The van der Waals surface area contributed by atoms with Crippen LogP contribution in [0, 0.1) is 6.92 Å².